The van der Waals surface area contributed by atoms with Crippen LogP contribution in [-0.2, 0) is 0 Å². The van der Waals surface area contributed by atoms with Crippen molar-refractivity contribution < 1.29 is 15.0 Å². The van der Waals surface area contributed by atoms with Gasteiger partial charge in [0.1, 0.15) is 11.2 Å². The van der Waals surface area contributed by atoms with E-state index in [1.54, 1.807) is 6.20 Å². The van der Waals surface area contributed by atoms with Crippen molar-refractivity contribution in [2.75, 3.05) is 5.32 Å². The molecule has 4 fully saturated rings. The lowest BCUT2D eigenvalue weighted by molar-refractivity contribution is -0.129. The Morgan fingerprint density at radius 3 is 2.71 bits per heavy atom. The van der Waals surface area contributed by atoms with Gasteiger partial charge in [0.05, 0.1) is 11.3 Å². The van der Waals surface area contributed by atoms with Crippen molar-refractivity contribution in [1.29, 1.82) is 0 Å². The molecule has 0 aliphatic heterocycles. The van der Waals surface area contributed by atoms with Gasteiger partial charge in [-0.1, -0.05) is 0 Å². The number of aromatic amines is 1. The average molecular weight is 327 g/mol. The van der Waals surface area contributed by atoms with Crippen LogP contribution in [0.1, 0.15) is 42.5 Å². The van der Waals surface area contributed by atoms with E-state index in [0.717, 1.165) is 37.5 Å². The quantitative estimate of drug-likeness (QED) is 0.695. The monoisotopic (exact) mass is 327 g/mol. The Kier molecular flexibility index (Phi) is 2.81. The van der Waals surface area contributed by atoms with Crippen molar-refractivity contribution in [2.24, 2.45) is 17.8 Å². The fourth-order valence-corrected chi connectivity index (χ4v) is 5.71. The first-order valence-electron chi connectivity index (χ1n) is 8.71. The number of hydrogen-bond acceptors (Lipinski definition) is 4. The van der Waals surface area contributed by atoms with Crippen molar-refractivity contribution >= 4 is 22.7 Å². The highest BCUT2D eigenvalue weighted by Gasteiger charge is 2.54. The molecule has 2 heterocycles. The molecule has 6 rings (SSSR count). The molecule has 4 aliphatic carbocycles. The number of aliphatic hydroxyl groups is 1. The Hall–Kier alpha value is -2.08. The second kappa shape index (κ2) is 4.72. The van der Waals surface area contributed by atoms with E-state index >= 15 is 0 Å². The number of fused-ring (bicyclic) bond motifs is 1. The van der Waals surface area contributed by atoms with Gasteiger partial charge < -0.3 is 20.5 Å². The third-order valence-electron chi connectivity index (χ3n) is 6.37. The summed E-state index contributed by atoms with van der Waals surface area (Å²) in [7, 11) is 0. The first-order chi connectivity index (χ1) is 11.5. The molecule has 0 spiro atoms. The summed E-state index contributed by atoms with van der Waals surface area (Å²) < 4.78 is 0. The number of rotatable bonds is 3. The molecule has 5 atom stereocenters. The molecule has 0 amide bonds. The molecule has 4 aliphatic rings. The maximum Gasteiger partial charge on any atom is 0.339 e. The van der Waals surface area contributed by atoms with Crippen LogP contribution >= 0.6 is 0 Å². The minimum atomic E-state index is -0.962. The van der Waals surface area contributed by atoms with Gasteiger partial charge in [0, 0.05) is 23.8 Å². The van der Waals surface area contributed by atoms with Crippen LogP contribution in [0, 0.1) is 17.8 Å². The van der Waals surface area contributed by atoms with Crippen molar-refractivity contribution in [1.82, 2.24) is 9.97 Å². The number of pyridine rings is 1. The van der Waals surface area contributed by atoms with E-state index in [1.165, 1.54) is 6.20 Å². The fourth-order valence-electron chi connectivity index (χ4n) is 5.71. The Bertz CT molecular complexity index is 814. The molecule has 2 aromatic rings. The first kappa shape index (κ1) is 14.3. The van der Waals surface area contributed by atoms with Crippen LogP contribution in [0.2, 0.25) is 0 Å². The predicted molar refractivity (Wildman–Crippen MR) is 89.0 cm³/mol. The number of nitrogens with zero attached hydrogens (tertiary/aromatic N) is 1. The largest absolute Gasteiger partial charge is 0.478 e. The van der Waals surface area contributed by atoms with Crippen molar-refractivity contribution in [3.63, 3.8) is 0 Å². The van der Waals surface area contributed by atoms with Crippen molar-refractivity contribution in [3.8, 4) is 0 Å². The summed E-state index contributed by atoms with van der Waals surface area (Å²) in [5, 5.41) is 24.7. The number of aromatic carboxylic acids is 1. The summed E-state index contributed by atoms with van der Waals surface area (Å²) in [5.74, 6) is 0.514. The van der Waals surface area contributed by atoms with Gasteiger partial charge in [0.15, 0.2) is 0 Å². The van der Waals surface area contributed by atoms with E-state index in [9.17, 15) is 15.0 Å². The molecule has 0 aromatic carbocycles. The van der Waals surface area contributed by atoms with E-state index in [2.05, 4.69) is 15.3 Å². The number of carboxylic acid groups (broad SMARTS) is 1. The highest BCUT2D eigenvalue weighted by molar-refractivity contribution is 6.03. The van der Waals surface area contributed by atoms with Crippen LogP contribution in [0.4, 0.5) is 5.69 Å². The average Bonchev–Trinajstić information content (AvgIpc) is 2.97. The van der Waals surface area contributed by atoms with Crippen LogP contribution in [0.3, 0.4) is 0 Å². The zero-order valence-electron chi connectivity index (χ0n) is 13.3. The minimum Gasteiger partial charge on any atom is -0.478 e. The maximum absolute atomic E-state index is 11.7. The fraction of sp³-hybridized carbons (Fsp3) is 0.556. The highest BCUT2D eigenvalue weighted by Crippen LogP contribution is 2.56. The lowest BCUT2D eigenvalue weighted by Gasteiger charge is -2.58. The molecule has 6 nitrogen and oxygen atoms in total. The van der Waals surface area contributed by atoms with Gasteiger partial charge in [-0.05, 0) is 55.9 Å². The molecule has 4 saturated carbocycles. The smallest absolute Gasteiger partial charge is 0.339 e. The number of carboxylic acids is 1. The molecule has 24 heavy (non-hydrogen) atoms. The first-order valence-corrected chi connectivity index (χ1v) is 8.71. The van der Waals surface area contributed by atoms with E-state index < -0.39 is 11.6 Å². The summed E-state index contributed by atoms with van der Waals surface area (Å²) in [5.41, 5.74) is 1.10. The van der Waals surface area contributed by atoms with E-state index in [0.29, 0.717) is 29.1 Å². The number of nitrogens with one attached hydrogen (secondary N) is 2. The van der Waals surface area contributed by atoms with Gasteiger partial charge in [0.2, 0.25) is 0 Å². The number of hydrogen-bond donors (Lipinski definition) is 4. The van der Waals surface area contributed by atoms with E-state index in [1.807, 2.05) is 6.07 Å². The summed E-state index contributed by atoms with van der Waals surface area (Å²) in [4.78, 5) is 18.9. The molecule has 0 radical (unpaired) electrons. The van der Waals surface area contributed by atoms with Crippen LogP contribution in [0.5, 0.6) is 0 Å². The van der Waals surface area contributed by atoms with Gasteiger partial charge in [-0.3, -0.25) is 0 Å². The number of anilines is 1. The van der Waals surface area contributed by atoms with E-state index in [-0.39, 0.29) is 11.6 Å². The Labute approximate surface area is 139 Å². The Morgan fingerprint density at radius 1 is 1.29 bits per heavy atom. The topological polar surface area (TPSA) is 98.2 Å². The molecule has 6 heteroatoms. The van der Waals surface area contributed by atoms with Crippen LogP contribution in [-0.4, -0.2) is 37.8 Å². The van der Waals surface area contributed by atoms with Crippen molar-refractivity contribution in [2.45, 2.75) is 43.7 Å². The molecule has 3 unspecified atom stereocenters. The molecular formula is C18H21N3O3. The summed E-state index contributed by atoms with van der Waals surface area (Å²) >= 11 is 0. The Morgan fingerprint density at radius 2 is 2.04 bits per heavy atom. The zero-order valence-corrected chi connectivity index (χ0v) is 13.3. The lowest BCUT2D eigenvalue weighted by Crippen LogP contribution is -2.59. The SMILES string of the molecule is O=C(O)c1cnc2[nH]ccc2c1NC1[C@@H]2CC3C[C@H]1CC(O)(C3)C2. The lowest BCUT2D eigenvalue weighted by atomic mass is 9.52. The third kappa shape index (κ3) is 1.99. The third-order valence-corrected chi connectivity index (χ3v) is 6.37. The normalized spacial score (nSPS) is 37.0. The number of carbonyl (C=O) groups is 1. The summed E-state index contributed by atoms with van der Waals surface area (Å²) in [6, 6.07) is 2.11. The maximum atomic E-state index is 11.7. The van der Waals surface area contributed by atoms with Gasteiger partial charge in [-0.25, -0.2) is 9.78 Å². The summed E-state index contributed by atoms with van der Waals surface area (Å²) in [6.45, 7) is 0. The van der Waals surface area contributed by atoms with Crippen LogP contribution in [0.15, 0.2) is 18.5 Å². The van der Waals surface area contributed by atoms with Gasteiger partial charge in [0.25, 0.3) is 0 Å². The minimum absolute atomic E-state index is 0.217. The standard InChI is InChI=1S/C18H21N3O3/c22-17(23)13-8-20-16-12(1-2-19-16)15(13)21-14-10-3-9-4-11(14)7-18(24,5-9)6-10/h1-2,8-11,14,24H,3-7H2,(H,22,23)(H2,19,20,21)/t9?,10-,11+,14?,18?. The summed E-state index contributed by atoms with van der Waals surface area (Å²) in [6.07, 6.45) is 8.11. The second-order valence-corrected chi connectivity index (χ2v) is 7.96. The van der Waals surface area contributed by atoms with Gasteiger partial charge in [-0.15, -0.1) is 0 Å². The molecule has 4 N–H and O–H groups in total. The highest BCUT2D eigenvalue weighted by atomic mass is 16.4. The number of H-pyrrole nitrogens is 1. The second-order valence-electron chi connectivity index (χ2n) is 7.96. The Balaban J connectivity index is 1.54. The number of aromatic nitrogens is 2. The van der Waals surface area contributed by atoms with Gasteiger partial charge >= 0.3 is 5.97 Å². The molecule has 4 bridgehead atoms. The molecular weight excluding hydrogens is 306 g/mol. The predicted octanol–water partition coefficient (Wildman–Crippen LogP) is 2.61. The van der Waals surface area contributed by atoms with Crippen LogP contribution < -0.4 is 5.32 Å². The molecule has 2 aromatic heterocycles. The van der Waals surface area contributed by atoms with E-state index in [4.69, 9.17) is 0 Å². The van der Waals surface area contributed by atoms with Crippen LogP contribution in [0.25, 0.3) is 11.0 Å². The van der Waals surface area contributed by atoms with Gasteiger partial charge in [-0.2, -0.15) is 0 Å². The van der Waals surface area contributed by atoms with Crippen molar-refractivity contribution in [3.05, 3.63) is 24.0 Å². The molecule has 0 saturated heterocycles. The molecule has 126 valence electrons. The zero-order chi connectivity index (χ0) is 16.5.